The first-order valence-corrected chi connectivity index (χ1v) is 10.3. The van der Waals surface area contributed by atoms with Gasteiger partial charge in [-0.25, -0.2) is 9.97 Å². The zero-order chi connectivity index (χ0) is 23.9. The largest absolute Gasteiger partial charge is 0.457 e. The molecular formula is C24H23F3N4O2. The van der Waals surface area contributed by atoms with Crippen molar-refractivity contribution in [1.29, 1.82) is 0 Å². The van der Waals surface area contributed by atoms with Crippen molar-refractivity contribution in [3.8, 4) is 22.6 Å². The summed E-state index contributed by atoms with van der Waals surface area (Å²) < 4.78 is 47.9. The predicted octanol–water partition coefficient (Wildman–Crippen LogP) is 6.13. The van der Waals surface area contributed by atoms with E-state index in [0.717, 1.165) is 28.2 Å². The lowest BCUT2D eigenvalue weighted by atomic mass is 10.0. The lowest BCUT2D eigenvalue weighted by Gasteiger charge is -2.16. The molecule has 1 unspecified atom stereocenters. The van der Waals surface area contributed by atoms with Gasteiger partial charge in [0.25, 0.3) is 0 Å². The van der Waals surface area contributed by atoms with Crippen LogP contribution in [0.2, 0.25) is 0 Å². The van der Waals surface area contributed by atoms with E-state index in [2.05, 4.69) is 9.97 Å². The Morgan fingerprint density at radius 3 is 2.27 bits per heavy atom. The highest BCUT2D eigenvalue weighted by Gasteiger charge is 2.35. The molecule has 0 spiro atoms. The molecule has 6 nitrogen and oxygen atoms in total. The van der Waals surface area contributed by atoms with Crippen LogP contribution in [0.5, 0.6) is 11.5 Å². The van der Waals surface area contributed by atoms with Crippen molar-refractivity contribution in [2.45, 2.75) is 39.1 Å². The predicted molar refractivity (Wildman–Crippen MR) is 120 cm³/mol. The average molecular weight is 456 g/mol. The molecule has 1 atom stereocenters. The molecule has 0 fully saturated rings. The second-order valence-electron chi connectivity index (χ2n) is 8.05. The number of nitrogens with two attached hydrogens (primary N) is 1. The van der Waals surface area contributed by atoms with E-state index in [1.807, 2.05) is 24.6 Å². The molecule has 4 aromatic rings. The van der Waals surface area contributed by atoms with E-state index >= 15 is 0 Å². The molecule has 0 aliphatic carbocycles. The molecule has 2 heterocycles. The lowest BCUT2D eigenvalue weighted by molar-refractivity contribution is -0.139. The van der Waals surface area contributed by atoms with Crippen molar-refractivity contribution in [3.63, 3.8) is 0 Å². The number of rotatable bonds is 5. The summed E-state index contributed by atoms with van der Waals surface area (Å²) in [7, 11) is 0. The van der Waals surface area contributed by atoms with Gasteiger partial charge >= 0.3 is 6.18 Å². The normalized spacial score (nSPS) is 13.0. The van der Waals surface area contributed by atoms with Gasteiger partial charge in [-0.2, -0.15) is 13.2 Å². The smallest absolute Gasteiger partial charge is 0.416 e. The number of ether oxygens (including phenoxy) is 1. The molecule has 2 aromatic heterocycles. The van der Waals surface area contributed by atoms with Crippen LogP contribution in [0.25, 0.3) is 22.2 Å². The van der Waals surface area contributed by atoms with Gasteiger partial charge in [0.2, 0.25) is 0 Å². The number of hydrogen-bond acceptors (Lipinski definition) is 5. The first-order valence-electron chi connectivity index (χ1n) is 10.3. The first kappa shape index (κ1) is 22.6. The number of alkyl halides is 3. The molecule has 0 bridgehead atoms. The van der Waals surface area contributed by atoms with Crippen LogP contribution < -0.4 is 10.5 Å². The highest BCUT2D eigenvalue weighted by Crippen LogP contribution is 2.39. The highest BCUT2D eigenvalue weighted by atomic mass is 19.4. The van der Waals surface area contributed by atoms with Crippen LogP contribution in [-0.4, -0.2) is 19.6 Å². The number of aromatic nitrogens is 3. The third kappa shape index (κ3) is 4.36. The summed E-state index contributed by atoms with van der Waals surface area (Å²) in [6, 6.07) is 10.6. The highest BCUT2D eigenvalue weighted by molar-refractivity contribution is 6.00. The van der Waals surface area contributed by atoms with Crippen molar-refractivity contribution in [2.24, 2.45) is 0 Å². The Kier molecular flexibility index (Phi) is 5.75. The summed E-state index contributed by atoms with van der Waals surface area (Å²) in [5.74, 6) is 0.759. The molecule has 0 saturated carbocycles. The van der Waals surface area contributed by atoms with Crippen LogP contribution in [0.1, 0.15) is 44.0 Å². The van der Waals surface area contributed by atoms with Gasteiger partial charge in [-0.05, 0) is 56.2 Å². The van der Waals surface area contributed by atoms with E-state index in [4.69, 9.17) is 10.5 Å². The fourth-order valence-corrected chi connectivity index (χ4v) is 3.77. The van der Waals surface area contributed by atoms with E-state index in [1.54, 1.807) is 24.3 Å². The second-order valence-corrected chi connectivity index (χ2v) is 8.05. The molecule has 0 aliphatic heterocycles. The van der Waals surface area contributed by atoms with Crippen LogP contribution in [0.4, 0.5) is 19.0 Å². The van der Waals surface area contributed by atoms with E-state index in [1.165, 1.54) is 25.4 Å². The quantitative estimate of drug-likeness (QED) is 0.378. The number of hydrogen-bond donors (Lipinski definition) is 2. The van der Waals surface area contributed by atoms with Crippen molar-refractivity contribution in [1.82, 2.24) is 14.5 Å². The van der Waals surface area contributed by atoms with Crippen molar-refractivity contribution < 1.29 is 23.0 Å². The number of halogens is 3. The van der Waals surface area contributed by atoms with Crippen LogP contribution in [0, 0.1) is 0 Å². The van der Waals surface area contributed by atoms with Gasteiger partial charge in [-0.1, -0.05) is 18.2 Å². The summed E-state index contributed by atoms with van der Waals surface area (Å²) in [4.78, 5) is 8.47. The van der Waals surface area contributed by atoms with Crippen LogP contribution in [0.15, 0.2) is 55.0 Å². The van der Waals surface area contributed by atoms with E-state index in [9.17, 15) is 18.3 Å². The number of benzene rings is 2. The van der Waals surface area contributed by atoms with Gasteiger partial charge in [0.05, 0.1) is 17.1 Å². The minimum absolute atomic E-state index is 0.0218. The van der Waals surface area contributed by atoms with E-state index in [0.29, 0.717) is 11.6 Å². The van der Waals surface area contributed by atoms with Crippen molar-refractivity contribution >= 4 is 16.9 Å². The van der Waals surface area contributed by atoms with Gasteiger partial charge in [-0.3, -0.25) is 0 Å². The lowest BCUT2D eigenvalue weighted by Crippen LogP contribution is -2.11. The van der Waals surface area contributed by atoms with Gasteiger partial charge in [0.15, 0.2) is 0 Å². The Morgan fingerprint density at radius 1 is 1.00 bits per heavy atom. The molecule has 172 valence electrons. The maximum absolute atomic E-state index is 13.4. The Balaban J connectivity index is 1.67. The van der Waals surface area contributed by atoms with Crippen LogP contribution in [0.3, 0.4) is 0 Å². The van der Waals surface area contributed by atoms with Gasteiger partial charge in [-0.15, -0.1) is 0 Å². The minimum Gasteiger partial charge on any atom is -0.457 e. The monoisotopic (exact) mass is 456 g/mol. The summed E-state index contributed by atoms with van der Waals surface area (Å²) in [5, 5.41) is 10.4. The Hall–Kier alpha value is -3.59. The number of aliphatic hydroxyl groups is 1. The SMILES string of the molecule is CC(O)c1ccc(Oc2ccc(-c3cn(C(C)C)c4ncnc(N)c34)cc2)cc1C(F)(F)F. The van der Waals surface area contributed by atoms with Crippen molar-refractivity contribution in [3.05, 3.63) is 66.1 Å². The van der Waals surface area contributed by atoms with Crippen molar-refractivity contribution in [2.75, 3.05) is 5.73 Å². The number of fused-ring (bicyclic) bond motifs is 1. The zero-order valence-corrected chi connectivity index (χ0v) is 18.3. The summed E-state index contributed by atoms with van der Waals surface area (Å²) in [6.07, 6.45) is -2.47. The number of nitrogen functional groups attached to an aromatic ring is 1. The zero-order valence-electron chi connectivity index (χ0n) is 18.3. The summed E-state index contributed by atoms with van der Waals surface area (Å²) in [5.41, 5.74) is 7.41. The van der Waals surface area contributed by atoms with Gasteiger partial charge in [0.1, 0.15) is 29.3 Å². The molecule has 0 aliphatic rings. The topological polar surface area (TPSA) is 86.2 Å². The Labute approximate surface area is 188 Å². The summed E-state index contributed by atoms with van der Waals surface area (Å²) >= 11 is 0. The van der Waals surface area contributed by atoms with Crippen LogP contribution in [-0.2, 0) is 6.18 Å². The molecule has 0 radical (unpaired) electrons. The maximum Gasteiger partial charge on any atom is 0.416 e. The number of anilines is 1. The molecule has 9 heteroatoms. The van der Waals surface area contributed by atoms with E-state index < -0.39 is 17.8 Å². The Bertz CT molecular complexity index is 1300. The van der Waals surface area contributed by atoms with Gasteiger partial charge in [0, 0.05) is 17.8 Å². The summed E-state index contributed by atoms with van der Waals surface area (Å²) in [6.45, 7) is 5.37. The average Bonchev–Trinajstić information content (AvgIpc) is 3.15. The fraction of sp³-hybridized carbons (Fsp3) is 0.250. The molecule has 0 amide bonds. The number of aliphatic hydroxyl groups excluding tert-OH is 1. The maximum atomic E-state index is 13.4. The standard InChI is InChI=1S/C24H23F3N4O2/c1-13(2)31-11-19(21-22(28)29-12-30-23(21)31)15-4-6-16(7-5-15)33-17-8-9-18(14(3)32)20(10-17)24(25,26)27/h4-14,32H,1-3H3,(H2,28,29,30). The fourth-order valence-electron chi connectivity index (χ4n) is 3.77. The first-order chi connectivity index (χ1) is 15.6. The van der Waals surface area contributed by atoms with Crippen LogP contribution >= 0.6 is 0 Å². The van der Waals surface area contributed by atoms with E-state index in [-0.39, 0.29) is 17.4 Å². The number of nitrogens with zero attached hydrogens (tertiary/aromatic N) is 3. The second kappa shape index (κ2) is 8.40. The molecule has 2 aromatic carbocycles. The van der Waals surface area contributed by atoms with Gasteiger partial charge < -0.3 is 20.1 Å². The third-order valence-corrected chi connectivity index (χ3v) is 5.38. The third-order valence-electron chi connectivity index (χ3n) is 5.38. The Morgan fingerprint density at radius 2 is 1.67 bits per heavy atom. The molecular weight excluding hydrogens is 433 g/mol. The molecule has 0 saturated heterocycles. The molecule has 4 rings (SSSR count). The minimum atomic E-state index is -4.61. The molecule has 33 heavy (non-hydrogen) atoms. The molecule has 3 N–H and O–H groups in total.